The molecular weight excluding hydrogens is 492 g/mol. The van der Waals surface area contributed by atoms with E-state index in [1.807, 2.05) is 12.2 Å². The molecule has 4 rings (SSSR count). The second kappa shape index (κ2) is 9.94. The molecule has 0 bridgehead atoms. The highest BCUT2D eigenvalue weighted by atomic mass is 16.6. The van der Waals surface area contributed by atoms with E-state index in [0.29, 0.717) is 6.42 Å². The number of aliphatic hydroxyl groups is 1. The molecule has 9 heteroatoms. The number of esters is 2. The maximum Gasteiger partial charge on any atom is 0.333 e. The first-order valence-electron chi connectivity index (χ1n) is 12.7. The number of carboxylic acids is 1. The van der Waals surface area contributed by atoms with Crippen molar-refractivity contribution in [1.29, 1.82) is 0 Å². The van der Waals surface area contributed by atoms with Gasteiger partial charge in [-0.05, 0) is 24.7 Å². The minimum atomic E-state index is -2.12. The fraction of sp³-hybridized carbons (Fsp3) is 0.483. The van der Waals surface area contributed by atoms with Crippen molar-refractivity contribution in [3.05, 3.63) is 60.9 Å². The Labute approximate surface area is 220 Å². The number of Topliss-reactive ketones (excluding diaryl/α,β-unsaturated/α-hetero) is 2. The number of carbonyl (C=O) groups excluding carboxylic acids is 4. The number of cyclic esters (lactones) is 1. The summed E-state index contributed by atoms with van der Waals surface area (Å²) in [6.07, 6.45) is 11.3. The SMILES string of the molecule is C=C1OC(=O)[C@@]2(C1=O)C(=O)[C@@]1(C)[C@@H](C=C[C@H]3[C@H](O)[C@@H](C)[C@H](OC(C)=O)C[C@@H]31)C[C@H]2\C=C/C=C\C=C/C(=O)O. The van der Waals surface area contributed by atoms with Gasteiger partial charge in [-0.3, -0.25) is 19.2 Å². The molecule has 1 heterocycles. The van der Waals surface area contributed by atoms with Crippen molar-refractivity contribution < 1.29 is 43.7 Å². The number of ether oxygens (including phenoxy) is 2. The quantitative estimate of drug-likeness (QED) is 0.182. The van der Waals surface area contributed by atoms with Crippen LogP contribution < -0.4 is 0 Å². The molecule has 3 fully saturated rings. The van der Waals surface area contributed by atoms with E-state index in [0.717, 1.165) is 6.08 Å². The lowest BCUT2D eigenvalue weighted by Crippen LogP contribution is -2.65. The molecular formula is C29H32O9. The third-order valence-electron chi connectivity index (χ3n) is 8.87. The van der Waals surface area contributed by atoms with Crippen molar-refractivity contribution in [3.63, 3.8) is 0 Å². The molecule has 2 N–H and O–H groups in total. The lowest BCUT2D eigenvalue weighted by atomic mass is 9.43. The first kappa shape index (κ1) is 27.4. The molecule has 9 atom stereocenters. The Morgan fingerprint density at radius 1 is 1.13 bits per heavy atom. The molecule has 2 saturated carbocycles. The Bertz CT molecular complexity index is 1210. The summed E-state index contributed by atoms with van der Waals surface area (Å²) in [4.78, 5) is 63.8. The van der Waals surface area contributed by atoms with Gasteiger partial charge in [0.15, 0.2) is 17.0 Å². The molecule has 1 saturated heterocycles. The summed E-state index contributed by atoms with van der Waals surface area (Å²) in [7, 11) is 0. The monoisotopic (exact) mass is 524 g/mol. The van der Waals surface area contributed by atoms with Crippen LogP contribution in [0.3, 0.4) is 0 Å². The van der Waals surface area contributed by atoms with E-state index < -0.39 is 70.3 Å². The molecule has 202 valence electrons. The average molecular weight is 525 g/mol. The molecule has 0 aromatic rings. The fourth-order valence-corrected chi connectivity index (χ4v) is 6.89. The molecule has 1 aliphatic heterocycles. The molecule has 0 aromatic carbocycles. The first-order valence-corrected chi connectivity index (χ1v) is 12.7. The zero-order valence-electron chi connectivity index (χ0n) is 21.5. The van der Waals surface area contributed by atoms with Crippen LogP contribution in [0.25, 0.3) is 0 Å². The number of fused-ring (bicyclic) bond motifs is 3. The summed E-state index contributed by atoms with van der Waals surface area (Å²) < 4.78 is 10.7. The molecule has 38 heavy (non-hydrogen) atoms. The van der Waals surface area contributed by atoms with Crippen molar-refractivity contribution >= 4 is 29.5 Å². The van der Waals surface area contributed by atoms with Crippen LogP contribution in [0.5, 0.6) is 0 Å². The summed E-state index contributed by atoms with van der Waals surface area (Å²) in [6.45, 7) is 8.37. The standard InChI is InChI=1S/C29H32O9/c1-15-22(38-17(3)30)14-21-20(24(15)33)12-11-18-13-19(9-7-5-6-8-10-23(31)32)29(26(35)28(18,21)4)25(34)16(2)37-27(29)36/h5-12,15,18-22,24,33H,2,13-14H2,1,3-4H3,(H,31,32)/b6-5-,9-7-,10-8-/t15-,18-,19+,20+,21-,22+,24+,28-,29-/m0/s1. The number of aliphatic carboxylic acids is 1. The van der Waals surface area contributed by atoms with Crippen molar-refractivity contribution in [2.45, 2.75) is 45.8 Å². The number of ketones is 2. The summed E-state index contributed by atoms with van der Waals surface area (Å²) in [5, 5.41) is 19.8. The maximum absolute atomic E-state index is 14.6. The van der Waals surface area contributed by atoms with E-state index in [2.05, 4.69) is 6.58 Å². The van der Waals surface area contributed by atoms with E-state index in [1.54, 1.807) is 32.1 Å². The van der Waals surface area contributed by atoms with Gasteiger partial charge in [0.2, 0.25) is 5.78 Å². The van der Waals surface area contributed by atoms with Gasteiger partial charge in [-0.15, -0.1) is 0 Å². The van der Waals surface area contributed by atoms with E-state index in [4.69, 9.17) is 14.6 Å². The first-order chi connectivity index (χ1) is 17.9. The lowest BCUT2D eigenvalue weighted by molar-refractivity contribution is -0.180. The number of aliphatic hydroxyl groups excluding tert-OH is 1. The van der Waals surface area contributed by atoms with Gasteiger partial charge in [0.05, 0.1) is 6.10 Å². The fourth-order valence-electron chi connectivity index (χ4n) is 6.89. The van der Waals surface area contributed by atoms with Gasteiger partial charge >= 0.3 is 17.9 Å². The molecule has 3 aliphatic carbocycles. The Kier molecular flexibility index (Phi) is 7.18. The van der Waals surface area contributed by atoms with Crippen LogP contribution in [0.2, 0.25) is 0 Å². The van der Waals surface area contributed by atoms with Crippen LogP contribution in [0.1, 0.15) is 33.6 Å². The van der Waals surface area contributed by atoms with Gasteiger partial charge in [-0.2, -0.15) is 0 Å². The number of carbonyl (C=O) groups is 5. The summed E-state index contributed by atoms with van der Waals surface area (Å²) in [5.41, 5.74) is -3.34. The van der Waals surface area contributed by atoms with E-state index >= 15 is 0 Å². The van der Waals surface area contributed by atoms with Gasteiger partial charge in [0.1, 0.15) is 6.10 Å². The largest absolute Gasteiger partial charge is 0.478 e. The minimum absolute atomic E-state index is 0.273. The van der Waals surface area contributed by atoms with E-state index in [9.17, 15) is 29.1 Å². The summed E-state index contributed by atoms with van der Waals surface area (Å²) in [6, 6.07) is 0. The molecule has 1 spiro atoms. The van der Waals surface area contributed by atoms with Crippen molar-refractivity contribution in [1.82, 2.24) is 0 Å². The molecule has 9 nitrogen and oxygen atoms in total. The van der Waals surface area contributed by atoms with Crippen LogP contribution >= 0.6 is 0 Å². The number of carboxylic acid groups (broad SMARTS) is 1. The molecule has 0 amide bonds. The highest BCUT2D eigenvalue weighted by Gasteiger charge is 2.73. The third-order valence-corrected chi connectivity index (χ3v) is 8.87. The van der Waals surface area contributed by atoms with E-state index in [-0.39, 0.29) is 24.0 Å². The second-order valence-corrected chi connectivity index (χ2v) is 10.8. The lowest BCUT2D eigenvalue weighted by Gasteiger charge is -2.58. The number of hydrogen-bond donors (Lipinski definition) is 2. The molecule has 0 radical (unpaired) electrons. The number of hydrogen-bond acceptors (Lipinski definition) is 8. The average Bonchev–Trinajstić information content (AvgIpc) is 3.07. The number of allylic oxidation sites excluding steroid dienone is 7. The summed E-state index contributed by atoms with van der Waals surface area (Å²) in [5.74, 6) is -6.78. The third kappa shape index (κ3) is 4.09. The Hall–Kier alpha value is -3.59. The number of rotatable bonds is 5. The highest BCUT2D eigenvalue weighted by molar-refractivity contribution is 6.32. The van der Waals surface area contributed by atoms with Crippen LogP contribution in [0, 0.1) is 40.4 Å². The van der Waals surface area contributed by atoms with Gasteiger partial charge in [0, 0.05) is 36.2 Å². The highest BCUT2D eigenvalue weighted by Crippen LogP contribution is 2.62. The molecule has 0 unspecified atom stereocenters. The predicted octanol–water partition coefficient (Wildman–Crippen LogP) is 2.71. The minimum Gasteiger partial charge on any atom is -0.478 e. The van der Waals surface area contributed by atoms with Crippen molar-refractivity contribution in [3.8, 4) is 0 Å². The Balaban J connectivity index is 1.77. The molecule has 0 aromatic heterocycles. The molecule has 4 aliphatic rings. The van der Waals surface area contributed by atoms with Crippen LogP contribution in [0.15, 0.2) is 60.9 Å². The Morgan fingerprint density at radius 3 is 2.42 bits per heavy atom. The van der Waals surface area contributed by atoms with Crippen LogP contribution in [0.4, 0.5) is 0 Å². The van der Waals surface area contributed by atoms with Crippen molar-refractivity contribution in [2.75, 3.05) is 0 Å². The van der Waals surface area contributed by atoms with Gasteiger partial charge in [0.25, 0.3) is 0 Å². The second-order valence-electron chi connectivity index (χ2n) is 10.8. The predicted molar refractivity (Wildman–Crippen MR) is 134 cm³/mol. The van der Waals surface area contributed by atoms with Gasteiger partial charge in [-0.1, -0.05) is 63.0 Å². The topological polar surface area (TPSA) is 144 Å². The van der Waals surface area contributed by atoms with Gasteiger partial charge in [-0.25, -0.2) is 4.79 Å². The summed E-state index contributed by atoms with van der Waals surface area (Å²) >= 11 is 0. The zero-order chi connectivity index (χ0) is 28.0. The van der Waals surface area contributed by atoms with Crippen molar-refractivity contribution in [2.24, 2.45) is 40.4 Å². The smallest absolute Gasteiger partial charge is 0.333 e. The normalized spacial score (nSPS) is 40.7. The Morgan fingerprint density at radius 2 is 1.82 bits per heavy atom. The van der Waals surface area contributed by atoms with Crippen LogP contribution in [-0.2, 0) is 33.4 Å². The zero-order valence-corrected chi connectivity index (χ0v) is 21.5. The maximum atomic E-state index is 14.6. The van der Waals surface area contributed by atoms with E-state index in [1.165, 1.54) is 19.1 Å². The van der Waals surface area contributed by atoms with Crippen LogP contribution in [-0.4, -0.2) is 51.9 Å². The van der Waals surface area contributed by atoms with Gasteiger partial charge < -0.3 is 19.7 Å².